The standard InChI is InChI=1S/C15H17N3O2/c19-15(16-8-7-12-5-2-1-3-6-12)13-11-14-18(17-13)9-4-10-20-14/h1-3,5-6,11H,4,7-10H2,(H,16,19). The van der Waals surface area contributed by atoms with Gasteiger partial charge < -0.3 is 10.1 Å². The number of aromatic nitrogens is 2. The van der Waals surface area contributed by atoms with Crippen LogP contribution in [0.3, 0.4) is 0 Å². The van der Waals surface area contributed by atoms with Gasteiger partial charge in [0.15, 0.2) is 5.69 Å². The van der Waals surface area contributed by atoms with Crippen LogP contribution in [-0.4, -0.2) is 28.8 Å². The Balaban J connectivity index is 1.55. The Morgan fingerprint density at radius 2 is 2.20 bits per heavy atom. The fourth-order valence-corrected chi connectivity index (χ4v) is 2.23. The molecule has 1 N–H and O–H groups in total. The average Bonchev–Trinajstić information content (AvgIpc) is 2.92. The molecule has 1 aliphatic rings. The molecule has 1 aromatic heterocycles. The molecule has 2 heterocycles. The fraction of sp³-hybridized carbons (Fsp3) is 0.333. The second kappa shape index (κ2) is 5.77. The number of aryl methyl sites for hydroxylation is 1. The van der Waals surface area contributed by atoms with Gasteiger partial charge in [0.05, 0.1) is 6.61 Å². The van der Waals surface area contributed by atoms with Crippen molar-refractivity contribution in [1.82, 2.24) is 15.1 Å². The smallest absolute Gasteiger partial charge is 0.271 e. The van der Waals surface area contributed by atoms with Crippen molar-refractivity contribution in [3.63, 3.8) is 0 Å². The number of carbonyl (C=O) groups is 1. The second-order valence-electron chi connectivity index (χ2n) is 4.78. The van der Waals surface area contributed by atoms with Crippen LogP contribution in [0.4, 0.5) is 0 Å². The van der Waals surface area contributed by atoms with E-state index in [4.69, 9.17) is 4.74 Å². The number of fused-ring (bicyclic) bond motifs is 1. The summed E-state index contributed by atoms with van der Waals surface area (Å²) in [5, 5.41) is 7.14. The third-order valence-electron chi connectivity index (χ3n) is 3.28. The predicted octanol–water partition coefficient (Wildman–Crippen LogP) is 1.64. The molecule has 1 aliphatic heterocycles. The van der Waals surface area contributed by atoms with Crippen LogP contribution in [0.5, 0.6) is 5.88 Å². The Kier molecular flexibility index (Phi) is 3.67. The van der Waals surface area contributed by atoms with Crippen LogP contribution < -0.4 is 10.1 Å². The largest absolute Gasteiger partial charge is 0.478 e. The van der Waals surface area contributed by atoms with Crippen molar-refractivity contribution in [3.8, 4) is 5.88 Å². The maximum atomic E-state index is 12.0. The lowest BCUT2D eigenvalue weighted by atomic mass is 10.1. The molecule has 1 amide bonds. The Bertz CT molecular complexity index is 569. The van der Waals surface area contributed by atoms with Gasteiger partial charge in [-0.1, -0.05) is 30.3 Å². The minimum absolute atomic E-state index is 0.147. The van der Waals surface area contributed by atoms with Gasteiger partial charge in [0.25, 0.3) is 5.91 Å². The highest BCUT2D eigenvalue weighted by Gasteiger charge is 2.17. The molecule has 5 heteroatoms. The Morgan fingerprint density at radius 3 is 3.00 bits per heavy atom. The number of nitrogens with one attached hydrogen (secondary N) is 1. The average molecular weight is 271 g/mol. The maximum Gasteiger partial charge on any atom is 0.271 e. The summed E-state index contributed by atoms with van der Waals surface area (Å²) in [5.41, 5.74) is 1.63. The van der Waals surface area contributed by atoms with Gasteiger partial charge in [0.1, 0.15) is 0 Å². The van der Waals surface area contributed by atoms with Crippen LogP contribution in [-0.2, 0) is 13.0 Å². The number of amides is 1. The van der Waals surface area contributed by atoms with Crippen LogP contribution in [0.25, 0.3) is 0 Å². The van der Waals surface area contributed by atoms with Crippen LogP contribution in [0.15, 0.2) is 36.4 Å². The van der Waals surface area contributed by atoms with E-state index >= 15 is 0 Å². The topological polar surface area (TPSA) is 56.2 Å². The zero-order valence-corrected chi connectivity index (χ0v) is 11.2. The molecule has 0 unspecified atom stereocenters. The lowest BCUT2D eigenvalue weighted by molar-refractivity contribution is 0.0948. The molecule has 0 aliphatic carbocycles. The summed E-state index contributed by atoms with van der Waals surface area (Å²) in [6, 6.07) is 11.8. The summed E-state index contributed by atoms with van der Waals surface area (Å²) in [6.45, 7) is 2.11. The summed E-state index contributed by atoms with van der Waals surface area (Å²) in [7, 11) is 0. The Labute approximate surface area is 117 Å². The van der Waals surface area contributed by atoms with E-state index in [1.807, 2.05) is 18.2 Å². The van der Waals surface area contributed by atoms with E-state index in [1.54, 1.807) is 10.7 Å². The fourth-order valence-electron chi connectivity index (χ4n) is 2.23. The number of hydrogen-bond acceptors (Lipinski definition) is 3. The molecule has 0 atom stereocenters. The summed E-state index contributed by atoms with van der Waals surface area (Å²) < 4.78 is 7.19. The molecule has 0 radical (unpaired) electrons. The molecular formula is C15H17N3O2. The van der Waals surface area contributed by atoms with Crippen molar-refractivity contribution >= 4 is 5.91 Å². The molecule has 0 saturated heterocycles. The van der Waals surface area contributed by atoms with Gasteiger partial charge in [-0.2, -0.15) is 5.10 Å². The van der Waals surface area contributed by atoms with Gasteiger partial charge in [-0.25, -0.2) is 4.68 Å². The number of benzene rings is 1. The minimum atomic E-state index is -0.147. The maximum absolute atomic E-state index is 12.0. The molecule has 3 rings (SSSR count). The van der Waals surface area contributed by atoms with Crippen LogP contribution in [0.2, 0.25) is 0 Å². The normalized spacial score (nSPS) is 13.4. The third kappa shape index (κ3) is 2.82. The van der Waals surface area contributed by atoms with E-state index in [1.165, 1.54) is 5.56 Å². The summed E-state index contributed by atoms with van der Waals surface area (Å²) in [5.74, 6) is 0.538. The molecule has 0 saturated carbocycles. The summed E-state index contributed by atoms with van der Waals surface area (Å²) >= 11 is 0. The van der Waals surface area contributed by atoms with Crippen molar-refractivity contribution in [1.29, 1.82) is 0 Å². The predicted molar refractivity (Wildman–Crippen MR) is 74.8 cm³/mol. The van der Waals surface area contributed by atoms with Crippen LogP contribution >= 0.6 is 0 Å². The highest BCUT2D eigenvalue weighted by molar-refractivity contribution is 5.92. The molecule has 20 heavy (non-hydrogen) atoms. The molecule has 0 fully saturated rings. The van der Waals surface area contributed by atoms with E-state index in [2.05, 4.69) is 22.5 Å². The van der Waals surface area contributed by atoms with Crippen molar-refractivity contribution in [2.24, 2.45) is 0 Å². The minimum Gasteiger partial charge on any atom is -0.478 e. The first-order valence-corrected chi connectivity index (χ1v) is 6.86. The van der Waals surface area contributed by atoms with Crippen molar-refractivity contribution in [2.75, 3.05) is 13.2 Å². The van der Waals surface area contributed by atoms with E-state index in [0.717, 1.165) is 19.4 Å². The number of nitrogens with zero attached hydrogens (tertiary/aromatic N) is 2. The van der Waals surface area contributed by atoms with E-state index in [-0.39, 0.29) is 5.91 Å². The summed E-state index contributed by atoms with van der Waals surface area (Å²) in [4.78, 5) is 12.0. The van der Waals surface area contributed by atoms with Crippen molar-refractivity contribution < 1.29 is 9.53 Å². The Morgan fingerprint density at radius 1 is 1.35 bits per heavy atom. The third-order valence-corrected chi connectivity index (χ3v) is 3.28. The summed E-state index contributed by atoms with van der Waals surface area (Å²) in [6.07, 6.45) is 1.75. The quantitative estimate of drug-likeness (QED) is 0.919. The second-order valence-corrected chi connectivity index (χ2v) is 4.78. The number of hydrogen-bond donors (Lipinski definition) is 1. The van der Waals surface area contributed by atoms with Gasteiger partial charge in [-0.15, -0.1) is 0 Å². The molecule has 104 valence electrons. The first-order chi connectivity index (χ1) is 9.83. The first-order valence-electron chi connectivity index (χ1n) is 6.86. The molecule has 0 bridgehead atoms. The van der Waals surface area contributed by atoms with Crippen LogP contribution in [0.1, 0.15) is 22.5 Å². The first kappa shape index (κ1) is 12.7. The molecular weight excluding hydrogens is 254 g/mol. The van der Waals surface area contributed by atoms with Crippen LogP contribution in [0, 0.1) is 0 Å². The number of rotatable bonds is 4. The van der Waals surface area contributed by atoms with Gasteiger partial charge in [-0.3, -0.25) is 4.79 Å². The zero-order chi connectivity index (χ0) is 13.8. The van der Waals surface area contributed by atoms with E-state index in [9.17, 15) is 4.79 Å². The highest BCUT2D eigenvalue weighted by atomic mass is 16.5. The van der Waals surface area contributed by atoms with Gasteiger partial charge >= 0.3 is 0 Å². The zero-order valence-electron chi connectivity index (χ0n) is 11.2. The lowest BCUT2D eigenvalue weighted by Gasteiger charge is -2.13. The van der Waals surface area contributed by atoms with Crippen molar-refractivity contribution in [3.05, 3.63) is 47.7 Å². The number of ether oxygens (including phenoxy) is 1. The molecule has 5 nitrogen and oxygen atoms in total. The molecule has 2 aromatic rings. The number of carbonyl (C=O) groups excluding carboxylic acids is 1. The lowest BCUT2D eigenvalue weighted by Crippen LogP contribution is -2.26. The molecule has 0 spiro atoms. The van der Waals surface area contributed by atoms with Gasteiger partial charge in [0.2, 0.25) is 5.88 Å². The molecule has 1 aromatic carbocycles. The van der Waals surface area contributed by atoms with Gasteiger partial charge in [-0.05, 0) is 12.0 Å². The van der Waals surface area contributed by atoms with Gasteiger partial charge in [0, 0.05) is 25.6 Å². The van der Waals surface area contributed by atoms with E-state index < -0.39 is 0 Å². The Hall–Kier alpha value is -2.30. The SMILES string of the molecule is O=C(NCCc1ccccc1)c1cc2n(n1)CCCO2. The highest BCUT2D eigenvalue weighted by Crippen LogP contribution is 2.18. The van der Waals surface area contributed by atoms with Crippen molar-refractivity contribution in [2.45, 2.75) is 19.4 Å². The monoisotopic (exact) mass is 271 g/mol. The van der Waals surface area contributed by atoms with E-state index in [0.29, 0.717) is 24.7 Å².